The van der Waals surface area contributed by atoms with Gasteiger partial charge in [0.2, 0.25) is 0 Å². The van der Waals surface area contributed by atoms with Crippen molar-refractivity contribution < 1.29 is 4.79 Å². The molecule has 3 nitrogen and oxygen atoms in total. The highest BCUT2D eigenvalue weighted by Gasteiger charge is 2.12. The maximum absolute atomic E-state index is 12.9. The second kappa shape index (κ2) is 7.75. The van der Waals surface area contributed by atoms with Crippen LogP contribution in [0.5, 0.6) is 0 Å². The SMILES string of the molecule is O=C(NCc1cc2ccccc2[nH]1)C(=Cc1ccccc1)c1ccccc1. The first-order valence-corrected chi connectivity index (χ1v) is 8.96. The number of aromatic amines is 1. The van der Waals surface area contributed by atoms with E-state index in [1.165, 1.54) is 0 Å². The third kappa shape index (κ3) is 3.98. The molecule has 0 atom stereocenters. The molecule has 0 bridgehead atoms. The lowest BCUT2D eigenvalue weighted by Crippen LogP contribution is -2.24. The maximum atomic E-state index is 12.9. The fourth-order valence-corrected chi connectivity index (χ4v) is 3.11. The molecule has 0 aliphatic rings. The quantitative estimate of drug-likeness (QED) is 0.384. The summed E-state index contributed by atoms with van der Waals surface area (Å²) in [5.41, 5.74) is 4.60. The van der Waals surface area contributed by atoms with Crippen molar-refractivity contribution in [3.05, 3.63) is 108 Å². The fraction of sp³-hybridized carbons (Fsp3) is 0.0417. The van der Waals surface area contributed by atoms with Gasteiger partial charge in [-0.05, 0) is 34.7 Å². The van der Waals surface area contributed by atoms with Gasteiger partial charge in [0.1, 0.15) is 0 Å². The zero-order valence-corrected chi connectivity index (χ0v) is 14.9. The lowest BCUT2D eigenvalue weighted by atomic mass is 10.0. The number of fused-ring (bicyclic) bond motifs is 1. The predicted octanol–water partition coefficient (Wildman–Crippen LogP) is 5.02. The van der Waals surface area contributed by atoms with Crippen LogP contribution in [-0.2, 0) is 11.3 Å². The largest absolute Gasteiger partial charge is 0.357 e. The van der Waals surface area contributed by atoms with Gasteiger partial charge in [0.25, 0.3) is 5.91 Å². The van der Waals surface area contributed by atoms with E-state index in [0.29, 0.717) is 12.1 Å². The Labute approximate surface area is 158 Å². The van der Waals surface area contributed by atoms with Gasteiger partial charge in [-0.15, -0.1) is 0 Å². The van der Waals surface area contributed by atoms with E-state index in [4.69, 9.17) is 0 Å². The average molecular weight is 352 g/mol. The molecule has 4 rings (SSSR count). The number of nitrogens with one attached hydrogen (secondary N) is 2. The van der Waals surface area contributed by atoms with E-state index in [1.54, 1.807) is 0 Å². The minimum absolute atomic E-state index is 0.0938. The molecule has 0 spiro atoms. The molecule has 3 aromatic carbocycles. The molecular formula is C24H20N2O. The number of H-pyrrole nitrogens is 1. The summed E-state index contributed by atoms with van der Waals surface area (Å²) in [7, 11) is 0. The van der Waals surface area contributed by atoms with Crippen LogP contribution in [0.25, 0.3) is 22.6 Å². The summed E-state index contributed by atoms with van der Waals surface area (Å²) < 4.78 is 0. The van der Waals surface area contributed by atoms with Crippen LogP contribution >= 0.6 is 0 Å². The second-order valence-electron chi connectivity index (χ2n) is 6.40. The van der Waals surface area contributed by atoms with Gasteiger partial charge in [-0.25, -0.2) is 0 Å². The van der Waals surface area contributed by atoms with E-state index in [1.807, 2.05) is 84.9 Å². The molecule has 0 aliphatic carbocycles. The molecule has 0 unspecified atom stereocenters. The van der Waals surface area contributed by atoms with E-state index < -0.39 is 0 Å². The van der Waals surface area contributed by atoms with Gasteiger partial charge < -0.3 is 10.3 Å². The third-order valence-corrected chi connectivity index (χ3v) is 4.47. The van der Waals surface area contributed by atoms with Gasteiger partial charge in [-0.3, -0.25) is 4.79 Å². The topological polar surface area (TPSA) is 44.9 Å². The van der Waals surface area contributed by atoms with Crippen molar-refractivity contribution in [3.63, 3.8) is 0 Å². The minimum Gasteiger partial charge on any atom is -0.357 e. The summed E-state index contributed by atoms with van der Waals surface area (Å²) in [6.07, 6.45) is 1.93. The van der Waals surface area contributed by atoms with Crippen LogP contribution < -0.4 is 5.32 Å². The van der Waals surface area contributed by atoms with E-state index in [0.717, 1.165) is 27.7 Å². The number of benzene rings is 3. The zero-order chi connectivity index (χ0) is 18.5. The molecule has 4 aromatic rings. The first-order chi connectivity index (χ1) is 13.3. The lowest BCUT2D eigenvalue weighted by molar-refractivity contribution is -0.115. The number of amides is 1. The molecule has 0 aliphatic heterocycles. The van der Waals surface area contributed by atoms with Gasteiger partial charge in [-0.1, -0.05) is 78.9 Å². The molecule has 27 heavy (non-hydrogen) atoms. The summed E-state index contributed by atoms with van der Waals surface area (Å²) in [6.45, 7) is 0.451. The van der Waals surface area contributed by atoms with Gasteiger partial charge in [0, 0.05) is 16.8 Å². The highest BCUT2D eigenvalue weighted by Crippen LogP contribution is 2.19. The van der Waals surface area contributed by atoms with Crippen molar-refractivity contribution >= 4 is 28.5 Å². The first kappa shape index (κ1) is 16.9. The van der Waals surface area contributed by atoms with Crippen molar-refractivity contribution in [2.24, 2.45) is 0 Å². The van der Waals surface area contributed by atoms with Crippen LogP contribution in [0.2, 0.25) is 0 Å². The standard InChI is InChI=1S/C24H20N2O/c27-24(25-17-21-16-20-13-7-8-14-23(20)26-21)22(19-11-5-2-6-12-19)15-18-9-3-1-4-10-18/h1-16,26H,17H2,(H,25,27). The summed E-state index contributed by atoms with van der Waals surface area (Å²) in [5.74, 6) is -0.0938. The smallest absolute Gasteiger partial charge is 0.252 e. The Morgan fingerprint density at radius 2 is 1.52 bits per heavy atom. The summed E-state index contributed by atoms with van der Waals surface area (Å²) >= 11 is 0. The van der Waals surface area contributed by atoms with E-state index in [9.17, 15) is 4.79 Å². The maximum Gasteiger partial charge on any atom is 0.252 e. The molecule has 0 saturated carbocycles. The van der Waals surface area contributed by atoms with E-state index >= 15 is 0 Å². The van der Waals surface area contributed by atoms with Crippen LogP contribution in [0.15, 0.2) is 91.0 Å². The number of para-hydroxylation sites is 1. The number of aromatic nitrogens is 1. The Hall–Kier alpha value is -3.59. The zero-order valence-electron chi connectivity index (χ0n) is 14.9. The number of rotatable bonds is 5. The lowest BCUT2D eigenvalue weighted by Gasteiger charge is -2.09. The third-order valence-electron chi connectivity index (χ3n) is 4.47. The van der Waals surface area contributed by atoms with Crippen LogP contribution in [-0.4, -0.2) is 10.9 Å². The van der Waals surface area contributed by atoms with Gasteiger partial charge >= 0.3 is 0 Å². The average Bonchev–Trinajstić information content (AvgIpc) is 3.15. The Balaban J connectivity index is 1.58. The van der Waals surface area contributed by atoms with Crippen LogP contribution in [0, 0.1) is 0 Å². The van der Waals surface area contributed by atoms with Crippen molar-refractivity contribution in [2.75, 3.05) is 0 Å². The number of carbonyl (C=O) groups excluding carboxylic acids is 1. The van der Waals surface area contributed by atoms with Gasteiger partial charge in [0.05, 0.1) is 6.54 Å². The Morgan fingerprint density at radius 3 is 2.26 bits per heavy atom. The molecule has 1 aromatic heterocycles. The van der Waals surface area contributed by atoms with E-state index in [2.05, 4.69) is 22.4 Å². The minimum atomic E-state index is -0.0938. The van der Waals surface area contributed by atoms with Crippen molar-refractivity contribution in [3.8, 4) is 0 Å². The number of hydrogen-bond acceptors (Lipinski definition) is 1. The predicted molar refractivity (Wildman–Crippen MR) is 111 cm³/mol. The molecule has 3 heteroatoms. The Bertz CT molecular complexity index is 1050. The number of carbonyl (C=O) groups is 1. The van der Waals surface area contributed by atoms with Crippen LogP contribution in [0.1, 0.15) is 16.8 Å². The van der Waals surface area contributed by atoms with Crippen molar-refractivity contribution in [2.45, 2.75) is 6.54 Å². The van der Waals surface area contributed by atoms with E-state index in [-0.39, 0.29) is 5.91 Å². The second-order valence-corrected chi connectivity index (χ2v) is 6.40. The monoisotopic (exact) mass is 352 g/mol. The highest BCUT2D eigenvalue weighted by molar-refractivity contribution is 6.24. The molecule has 2 N–H and O–H groups in total. The van der Waals surface area contributed by atoms with Crippen LogP contribution in [0.3, 0.4) is 0 Å². The molecule has 1 amide bonds. The highest BCUT2D eigenvalue weighted by atomic mass is 16.1. The number of hydrogen-bond donors (Lipinski definition) is 2. The normalized spacial score (nSPS) is 11.5. The molecule has 0 saturated heterocycles. The molecule has 132 valence electrons. The first-order valence-electron chi connectivity index (χ1n) is 8.96. The van der Waals surface area contributed by atoms with Crippen molar-refractivity contribution in [1.29, 1.82) is 0 Å². The molecule has 1 heterocycles. The Kier molecular flexibility index (Phi) is 4.84. The van der Waals surface area contributed by atoms with Gasteiger partial charge in [0.15, 0.2) is 0 Å². The van der Waals surface area contributed by atoms with Crippen molar-refractivity contribution in [1.82, 2.24) is 10.3 Å². The molecule has 0 radical (unpaired) electrons. The van der Waals surface area contributed by atoms with Crippen LogP contribution in [0.4, 0.5) is 0 Å². The fourth-order valence-electron chi connectivity index (χ4n) is 3.11. The summed E-state index contributed by atoms with van der Waals surface area (Å²) in [5, 5.41) is 4.18. The molecular weight excluding hydrogens is 332 g/mol. The summed E-state index contributed by atoms with van der Waals surface area (Å²) in [6, 6.07) is 29.8. The Morgan fingerprint density at radius 1 is 0.852 bits per heavy atom. The molecule has 0 fully saturated rings. The van der Waals surface area contributed by atoms with Gasteiger partial charge in [-0.2, -0.15) is 0 Å². The summed E-state index contributed by atoms with van der Waals surface area (Å²) in [4.78, 5) is 16.3.